The summed E-state index contributed by atoms with van der Waals surface area (Å²) in [5.41, 5.74) is 6.52. The Hall–Kier alpha value is -1.63. The standard InChI is InChI=1S/C17H19N/c1-3-13-8-9-14-10-12(2)11-17(18-14)16-7-5-4-6-15(13)16/h4-7,10-11,13H,3,8-9H2,1-2H3/t13-/m1/s1. The monoisotopic (exact) mass is 237 g/mol. The molecule has 3 rings (SSSR count). The average molecular weight is 237 g/mol. The van der Waals surface area contributed by atoms with Crippen LogP contribution in [0, 0.1) is 6.92 Å². The van der Waals surface area contributed by atoms with Gasteiger partial charge in [0.2, 0.25) is 0 Å². The lowest BCUT2D eigenvalue weighted by Crippen LogP contribution is -2.07. The number of fused-ring (bicyclic) bond motifs is 4. The van der Waals surface area contributed by atoms with Gasteiger partial charge < -0.3 is 0 Å². The maximum absolute atomic E-state index is 4.80. The fourth-order valence-electron chi connectivity index (χ4n) is 2.99. The van der Waals surface area contributed by atoms with Crippen LogP contribution in [-0.4, -0.2) is 4.98 Å². The molecule has 1 aliphatic rings. The Labute approximate surface area is 109 Å². The van der Waals surface area contributed by atoms with Gasteiger partial charge in [-0.15, -0.1) is 0 Å². The predicted octanol–water partition coefficient (Wildman–Crippen LogP) is 4.50. The van der Waals surface area contributed by atoms with Gasteiger partial charge in [-0.2, -0.15) is 0 Å². The van der Waals surface area contributed by atoms with E-state index in [1.165, 1.54) is 35.2 Å². The molecule has 1 nitrogen and oxygen atoms in total. The van der Waals surface area contributed by atoms with E-state index < -0.39 is 0 Å². The molecule has 1 aliphatic heterocycles. The Bertz CT molecular complexity index is 572. The SMILES string of the molecule is CC[C@@H]1CCc2cc(C)cc(n2)-c2ccccc21. The summed E-state index contributed by atoms with van der Waals surface area (Å²) in [4.78, 5) is 4.80. The third-order valence-corrected chi connectivity index (χ3v) is 3.94. The number of hydrogen-bond donors (Lipinski definition) is 0. The first-order valence-electron chi connectivity index (χ1n) is 6.85. The zero-order valence-corrected chi connectivity index (χ0v) is 11.1. The van der Waals surface area contributed by atoms with Crippen LogP contribution in [0.4, 0.5) is 0 Å². The van der Waals surface area contributed by atoms with Crippen molar-refractivity contribution in [2.75, 3.05) is 0 Å². The van der Waals surface area contributed by atoms with Crippen molar-refractivity contribution in [3.63, 3.8) is 0 Å². The maximum atomic E-state index is 4.80. The summed E-state index contributed by atoms with van der Waals surface area (Å²) in [6.07, 6.45) is 3.52. The Morgan fingerprint density at radius 1 is 1.22 bits per heavy atom. The summed E-state index contributed by atoms with van der Waals surface area (Å²) in [6.45, 7) is 4.45. The Morgan fingerprint density at radius 2 is 2.06 bits per heavy atom. The van der Waals surface area contributed by atoms with E-state index in [0.29, 0.717) is 5.92 Å². The number of aromatic nitrogens is 1. The molecule has 1 heteroatoms. The van der Waals surface area contributed by atoms with Crippen molar-refractivity contribution in [3.8, 4) is 11.3 Å². The van der Waals surface area contributed by atoms with Crippen molar-refractivity contribution in [2.45, 2.75) is 39.0 Å². The van der Waals surface area contributed by atoms with Crippen LogP contribution in [0.15, 0.2) is 36.4 Å². The summed E-state index contributed by atoms with van der Waals surface area (Å²) < 4.78 is 0. The Balaban J connectivity index is 2.24. The van der Waals surface area contributed by atoms with Gasteiger partial charge in [-0.1, -0.05) is 31.2 Å². The van der Waals surface area contributed by atoms with Crippen LogP contribution in [0.2, 0.25) is 0 Å². The van der Waals surface area contributed by atoms with Crippen LogP contribution >= 0.6 is 0 Å². The van der Waals surface area contributed by atoms with Crippen LogP contribution < -0.4 is 0 Å². The number of rotatable bonds is 1. The highest BCUT2D eigenvalue weighted by molar-refractivity contribution is 5.65. The molecule has 0 aliphatic carbocycles. The average Bonchev–Trinajstić information content (AvgIpc) is 2.38. The van der Waals surface area contributed by atoms with Crippen molar-refractivity contribution in [1.29, 1.82) is 0 Å². The highest BCUT2D eigenvalue weighted by atomic mass is 14.7. The van der Waals surface area contributed by atoms with Crippen LogP contribution in [0.3, 0.4) is 0 Å². The zero-order chi connectivity index (χ0) is 12.5. The van der Waals surface area contributed by atoms with Gasteiger partial charge in [-0.05, 0) is 55.4 Å². The number of pyridine rings is 1. The van der Waals surface area contributed by atoms with Crippen molar-refractivity contribution in [3.05, 3.63) is 53.2 Å². The zero-order valence-electron chi connectivity index (χ0n) is 11.1. The van der Waals surface area contributed by atoms with E-state index >= 15 is 0 Å². The van der Waals surface area contributed by atoms with Gasteiger partial charge >= 0.3 is 0 Å². The minimum atomic E-state index is 0.668. The Kier molecular flexibility index (Phi) is 2.91. The van der Waals surface area contributed by atoms with Gasteiger partial charge in [-0.25, -0.2) is 0 Å². The second kappa shape index (κ2) is 4.56. The van der Waals surface area contributed by atoms with E-state index in [4.69, 9.17) is 4.98 Å². The number of aryl methyl sites for hydroxylation is 2. The molecule has 0 N–H and O–H groups in total. The van der Waals surface area contributed by atoms with Crippen molar-refractivity contribution in [2.24, 2.45) is 0 Å². The summed E-state index contributed by atoms with van der Waals surface area (Å²) in [5.74, 6) is 0.668. The van der Waals surface area contributed by atoms with Gasteiger partial charge in [-0.3, -0.25) is 4.98 Å². The molecule has 0 fully saturated rings. The molecule has 2 bridgehead atoms. The van der Waals surface area contributed by atoms with E-state index in [1.807, 2.05) is 0 Å². The molecule has 0 saturated heterocycles. The minimum absolute atomic E-state index is 0.668. The molecule has 1 aromatic carbocycles. The summed E-state index contributed by atoms with van der Waals surface area (Å²) in [5, 5.41) is 0. The second-order valence-electron chi connectivity index (χ2n) is 5.25. The molecule has 0 saturated carbocycles. The first-order valence-corrected chi connectivity index (χ1v) is 6.85. The smallest absolute Gasteiger partial charge is 0.0710 e. The van der Waals surface area contributed by atoms with Crippen molar-refractivity contribution < 1.29 is 0 Å². The maximum Gasteiger partial charge on any atom is 0.0710 e. The first kappa shape index (κ1) is 11.5. The van der Waals surface area contributed by atoms with Gasteiger partial charge in [0.1, 0.15) is 0 Å². The third kappa shape index (κ3) is 1.94. The fourth-order valence-corrected chi connectivity index (χ4v) is 2.99. The predicted molar refractivity (Wildman–Crippen MR) is 75.8 cm³/mol. The van der Waals surface area contributed by atoms with Gasteiger partial charge in [0.25, 0.3) is 0 Å². The van der Waals surface area contributed by atoms with Crippen LogP contribution in [0.25, 0.3) is 11.3 Å². The molecule has 0 radical (unpaired) electrons. The van der Waals surface area contributed by atoms with E-state index in [2.05, 4.69) is 50.2 Å². The van der Waals surface area contributed by atoms with Gasteiger partial charge in [0, 0.05) is 11.3 Å². The second-order valence-corrected chi connectivity index (χ2v) is 5.25. The number of hydrogen-bond acceptors (Lipinski definition) is 1. The normalized spacial score (nSPS) is 17.8. The highest BCUT2D eigenvalue weighted by Crippen LogP contribution is 2.35. The van der Waals surface area contributed by atoms with Crippen LogP contribution in [-0.2, 0) is 6.42 Å². The summed E-state index contributed by atoms with van der Waals surface area (Å²) >= 11 is 0. The van der Waals surface area contributed by atoms with E-state index in [0.717, 1.165) is 12.1 Å². The molecule has 18 heavy (non-hydrogen) atoms. The highest BCUT2D eigenvalue weighted by Gasteiger charge is 2.18. The van der Waals surface area contributed by atoms with Crippen LogP contribution in [0.1, 0.15) is 42.5 Å². The molecule has 0 spiro atoms. The summed E-state index contributed by atoms with van der Waals surface area (Å²) in [7, 11) is 0. The molecule has 0 unspecified atom stereocenters. The molecule has 1 atom stereocenters. The molecule has 1 aromatic heterocycles. The molecule has 2 heterocycles. The van der Waals surface area contributed by atoms with Crippen molar-refractivity contribution >= 4 is 0 Å². The molecule has 2 aromatic rings. The molecule has 92 valence electrons. The van der Waals surface area contributed by atoms with E-state index in [9.17, 15) is 0 Å². The largest absolute Gasteiger partial charge is 0.253 e. The quantitative estimate of drug-likeness (QED) is 0.711. The van der Waals surface area contributed by atoms with E-state index in [1.54, 1.807) is 0 Å². The van der Waals surface area contributed by atoms with Gasteiger partial charge in [0.15, 0.2) is 0 Å². The fraction of sp³-hybridized carbons (Fsp3) is 0.353. The lowest BCUT2D eigenvalue weighted by Gasteiger charge is -2.22. The lowest BCUT2D eigenvalue weighted by atomic mass is 9.85. The third-order valence-electron chi connectivity index (χ3n) is 3.94. The lowest BCUT2D eigenvalue weighted by molar-refractivity contribution is 0.598. The first-order chi connectivity index (χ1) is 8.78. The van der Waals surface area contributed by atoms with Crippen LogP contribution in [0.5, 0.6) is 0 Å². The molecular formula is C17H19N. The number of nitrogens with zero attached hydrogens (tertiary/aromatic N) is 1. The Morgan fingerprint density at radius 3 is 2.89 bits per heavy atom. The van der Waals surface area contributed by atoms with E-state index in [-0.39, 0.29) is 0 Å². The topological polar surface area (TPSA) is 12.9 Å². The number of benzene rings is 1. The minimum Gasteiger partial charge on any atom is -0.253 e. The molecule has 0 amide bonds. The summed E-state index contributed by atoms with van der Waals surface area (Å²) in [6, 6.07) is 13.2. The van der Waals surface area contributed by atoms with Crippen molar-refractivity contribution in [1.82, 2.24) is 4.98 Å². The van der Waals surface area contributed by atoms with Gasteiger partial charge in [0.05, 0.1) is 5.69 Å². The molecular weight excluding hydrogens is 218 g/mol.